The molecule has 0 radical (unpaired) electrons. The van der Waals surface area contributed by atoms with Crippen molar-refractivity contribution >= 4 is 12.2 Å². The lowest BCUT2D eigenvalue weighted by Gasteiger charge is -2.11. The number of rotatable bonds is 9. The van der Waals surface area contributed by atoms with E-state index in [4.69, 9.17) is 20.3 Å². The Balaban J connectivity index is 0. The van der Waals surface area contributed by atoms with E-state index in [0.717, 1.165) is 6.42 Å². The Bertz CT molecular complexity index is 275. The molecule has 21 heavy (non-hydrogen) atoms. The van der Waals surface area contributed by atoms with Crippen LogP contribution < -0.4 is 11.1 Å². The maximum absolute atomic E-state index is 10.1. The molecule has 0 aromatic carbocycles. The number of nitrogens with two attached hydrogens (primary N) is 1. The molecule has 2 unspecified atom stereocenters. The average Bonchev–Trinajstić information content (AvgIpc) is 2.41. The number of carboxylic acid groups (broad SMARTS) is 1. The van der Waals surface area contributed by atoms with Gasteiger partial charge in [-0.1, -0.05) is 6.92 Å². The van der Waals surface area contributed by atoms with Gasteiger partial charge in [-0.3, -0.25) is 0 Å². The zero-order valence-corrected chi connectivity index (χ0v) is 13.3. The van der Waals surface area contributed by atoms with Crippen LogP contribution in [0.1, 0.15) is 34.1 Å². The van der Waals surface area contributed by atoms with E-state index in [-0.39, 0.29) is 18.8 Å². The molecule has 8 nitrogen and oxygen atoms in total. The Morgan fingerprint density at radius 2 is 1.81 bits per heavy atom. The number of nitrogens with one attached hydrogen (secondary N) is 1. The summed E-state index contributed by atoms with van der Waals surface area (Å²) in [6.07, 6.45) is -0.913. The molecular weight excluding hydrogens is 280 g/mol. The Morgan fingerprint density at radius 3 is 2.24 bits per heavy atom. The van der Waals surface area contributed by atoms with E-state index in [1.807, 2.05) is 27.7 Å². The van der Waals surface area contributed by atoms with Crippen molar-refractivity contribution in [3.63, 3.8) is 0 Å². The molecule has 2 amide bonds. The van der Waals surface area contributed by atoms with Crippen LogP contribution in [-0.2, 0) is 14.2 Å². The van der Waals surface area contributed by atoms with Gasteiger partial charge in [-0.25, -0.2) is 9.59 Å². The van der Waals surface area contributed by atoms with Crippen LogP contribution in [0.5, 0.6) is 0 Å². The highest BCUT2D eigenvalue weighted by Crippen LogP contribution is 1.90. The second kappa shape index (κ2) is 14.9. The molecule has 0 aliphatic carbocycles. The van der Waals surface area contributed by atoms with Crippen LogP contribution in [-0.4, -0.2) is 55.9 Å². The highest BCUT2D eigenvalue weighted by atomic mass is 16.6. The van der Waals surface area contributed by atoms with Gasteiger partial charge in [-0.05, 0) is 27.2 Å². The zero-order valence-electron chi connectivity index (χ0n) is 13.3. The SMILES string of the molecule is CCCOC(C)CNC(=O)O.CCOC(C)COC(N)=O. The van der Waals surface area contributed by atoms with E-state index in [9.17, 15) is 9.59 Å². The fourth-order valence-corrected chi connectivity index (χ4v) is 1.14. The maximum atomic E-state index is 10.1. The lowest BCUT2D eigenvalue weighted by atomic mass is 10.4. The largest absolute Gasteiger partial charge is 0.465 e. The predicted octanol–water partition coefficient (Wildman–Crippen LogP) is 1.58. The van der Waals surface area contributed by atoms with Crippen molar-refractivity contribution < 1.29 is 28.9 Å². The van der Waals surface area contributed by atoms with Gasteiger partial charge in [0, 0.05) is 19.8 Å². The molecule has 0 saturated heterocycles. The van der Waals surface area contributed by atoms with Crippen LogP contribution in [0.25, 0.3) is 0 Å². The number of carbonyl (C=O) groups is 2. The standard InChI is InChI=1S/C7H15NO3.C6H13NO3/c1-3-4-11-6(2)5-8-7(9)10;1-3-9-5(2)4-10-6(7)8/h6,8H,3-5H2,1-2H3,(H,9,10);5H,3-4H2,1-2H3,(H2,7,8). The van der Waals surface area contributed by atoms with Gasteiger partial charge in [0.15, 0.2) is 0 Å². The Labute approximate surface area is 125 Å². The first-order chi connectivity index (χ1) is 9.83. The number of ether oxygens (including phenoxy) is 3. The van der Waals surface area contributed by atoms with Gasteiger partial charge in [0.2, 0.25) is 0 Å². The average molecular weight is 308 g/mol. The van der Waals surface area contributed by atoms with Crippen LogP contribution in [0.4, 0.5) is 9.59 Å². The summed E-state index contributed by atoms with van der Waals surface area (Å²) in [6, 6.07) is 0. The molecule has 0 rings (SSSR count). The van der Waals surface area contributed by atoms with Crippen molar-refractivity contribution in [1.29, 1.82) is 0 Å². The van der Waals surface area contributed by atoms with Crippen LogP contribution in [0.2, 0.25) is 0 Å². The monoisotopic (exact) mass is 308 g/mol. The van der Waals surface area contributed by atoms with Crippen molar-refractivity contribution in [3.05, 3.63) is 0 Å². The molecule has 2 atom stereocenters. The van der Waals surface area contributed by atoms with E-state index in [0.29, 0.717) is 19.8 Å². The topological polar surface area (TPSA) is 120 Å². The van der Waals surface area contributed by atoms with Gasteiger partial charge < -0.3 is 30.4 Å². The fourth-order valence-electron chi connectivity index (χ4n) is 1.14. The van der Waals surface area contributed by atoms with Gasteiger partial charge in [-0.15, -0.1) is 0 Å². The predicted molar refractivity (Wildman–Crippen MR) is 78.4 cm³/mol. The molecule has 0 aliphatic rings. The zero-order chi connectivity index (χ0) is 16.7. The Morgan fingerprint density at radius 1 is 1.19 bits per heavy atom. The number of primary amides is 1. The lowest BCUT2D eigenvalue weighted by Crippen LogP contribution is -2.30. The first kappa shape index (κ1) is 21.8. The lowest BCUT2D eigenvalue weighted by molar-refractivity contribution is 0.0243. The third-order valence-electron chi connectivity index (χ3n) is 2.06. The second-order valence-corrected chi connectivity index (χ2v) is 4.26. The van der Waals surface area contributed by atoms with Gasteiger partial charge in [0.25, 0.3) is 0 Å². The van der Waals surface area contributed by atoms with Crippen molar-refractivity contribution in [2.45, 2.75) is 46.3 Å². The summed E-state index contributed by atoms with van der Waals surface area (Å²) in [5.41, 5.74) is 4.72. The minimum absolute atomic E-state index is 0.0361. The number of carbonyl (C=O) groups excluding carboxylic acids is 1. The van der Waals surface area contributed by atoms with Crippen LogP contribution in [0, 0.1) is 0 Å². The van der Waals surface area contributed by atoms with Crippen LogP contribution in [0.15, 0.2) is 0 Å². The quantitative estimate of drug-likeness (QED) is 0.594. The highest BCUT2D eigenvalue weighted by molar-refractivity contribution is 5.64. The van der Waals surface area contributed by atoms with E-state index < -0.39 is 12.2 Å². The molecule has 0 aromatic heterocycles. The summed E-state index contributed by atoms with van der Waals surface area (Å²) in [5.74, 6) is 0. The molecule has 0 aromatic rings. The summed E-state index contributed by atoms with van der Waals surface area (Å²) in [4.78, 5) is 20.1. The molecule has 0 heterocycles. The minimum atomic E-state index is -1.00. The van der Waals surface area contributed by atoms with E-state index in [2.05, 4.69) is 10.1 Å². The number of hydrogen-bond donors (Lipinski definition) is 3. The summed E-state index contributed by atoms with van der Waals surface area (Å²) in [7, 11) is 0. The first-order valence-corrected chi connectivity index (χ1v) is 6.95. The fraction of sp³-hybridized carbons (Fsp3) is 0.846. The molecule has 126 valence electrons. The molecule has 8 heteroatoms. The molecule has 0 fully saturated rings. The van der Waals surface area contributed by atoms with Gasteiger partial charge in [0.1, 0.15) is 6.61 Å². The third-order valence-corrected chi connectivity index (χ3v) is 2.06. The molecule has 0 spiro atoms. The van der Waals surface area contributed by atoms with Crippen molar-refractivity contribution in [2.75, 3.05) is 26.4 Å². The van der Waals surface area contributed by atoms with Crippen LogP contribution >= 0.6 is 0 Å². The van der Waals surface area contributed by atoms with E-state index in [1.165, 1.54) is 0 Å². The van der Waals surface area contributed by atoms with Crippen molar-refractivity contribution in [3.8, 4) is 0 Å². The summed E-state index contributed by atoms with van der Waals surface area (Å²) in [6.45, 7) is 9.42. The normalized spacial score (nSPS) is 12.6. The summed E-state index contributed by atoms with van der Waals surface area (Å²) >= 11 is 0. The van der Waals surface area contributed by atoms with Crippen molar-refractivity contribution in [1.82, 2.24) is 5.32 Å². The van der Waals surface area contributed by atoms with E-state index in [1.54, 1.807) is 0 Å². The second-order valence-electron chi connectivity index (χ2n) is 4.26. The first-order valence-electron chi connectivity index (χ1n) is 6.95. The summed E-state index contributed by atoms with van der Waals surface area (Å²) < 4.78 is 14.7. The summed E-state index contributed by atoms with van der Waals surface area (Å²) in [5, 5.41) is 10.5. The highest BCUT2D eigenvalue weighted by Gasteiger charge is 2.02. The maximum Gasteiger partial charge on any atom is 0.404 e. The Hall–Kier alpha value is -1.54. The molecule has 4 N–H and O–H groups in total. The van der Waals surface area contributed by atoms with E-state index >= 15 is 0 Å². The van der Waals surface area contributed by atoms with Gasteiger partial charge >= 0.3 is 12.2 Å². The van der Waals surface area contributed by atoms with Crippen LogP contribution in [0.3, 0.4) is 0 Å². The van der Waals surface area contributed by atoms with Crippen molar-refractivity contribution in [2.24, 2.45) is 5.73 Å². The minimum Gasteiger partial charge on any atom is -0.465 e. The smallest absolute Gasteiger partial charge is 0.404 e. The molecule has 0 saturated carbocycles. The van der Waals surface area contributed by atoms with Gasteiger partial charge in [0.05, 0.1) is 12.2 Å². The third kappa shape index (κ3) is 20.9. The molecule has 0 bridgehead atoms. The molecule has 0 aliphatic heterocycles. The van der Waals surface area contributed by atoms with Gasteiger partial charge in [-0.2, -0.15) is 0 Å². The number of amides is 2. The Kier molecular flexibility index (Phi) is 15.4. The molecular formula is C13H28N2O6. The number of hydrogen-bond acceptors (Lipinski definition) is 5.